The lowest BCUT2D eigenvalue weighted by Gasteiger charge is -2.49. The average molecular weight is 402 g/mol. The van der Waals surface area contributed by atoms with E-state index in [2.05, 4.69) is 66.8 Å². The van der Waals surface area contributed by atoms with Crippen molar-refractivity contribution in [3.8, 4) is 0 Å². The van der Waals surface area contributed by atoms with Gasteiger partial charge in [0.2, 0.25) is 0 Å². The number of benzene rings is 1. The lowest BCUT2D eigenvalue weighted by molar-refractivity contribution is 0.115. The molecule has 2 aliphatic heterocycles. The Hall–Kier alpha value is -0.0600. The van der Waals surface area contributed by atoms with Gasteiger partial charge in [-0.05, 0) is 50.1 Å². The van der Waals surface area contributed by atoms with E-state index >= 15 is 0 Å². The van der Waals surface area contributed by atoms with Gasteiger partial charge in [-0.3, -0.25) is 4.90 Å². The van der Waals surface area contributed by atoms with Gasteiger partial charge in [-0.25, -0.2) is 0 Å². The Morgan fingerprint density at radius 3 is 2.90 bits per heavy atom. The van der Waals surface area contributed by atoms with E-state index in [4.69, 9.17) is 0 Å². The summed E-state index contributed by atoms with van der Waals surface area (Å²) in [6.07, 6.45) is 4.15. The Labute approximate surface area is 138 Å². The molecule has 2 saturated heterocycles. The number of piperazine rings is 1. The van der Waals surface area contributed by atoms with Gasteiger partial charge in [0, 0.05) is 40.7 Å². The van der Waals surface area contributed by atoms with E-state index in [1.54, 1.807) is 0 Å². The molecule has 1 aromatic rings. The van der Waals surface area contributed by atoms with E-state index in [0.717, 1.165) is 11.4 Å². The smallest absolute Gasteiger partial charge is 0.0411 e. The first kappa shape index (κ1) is 14.9. The fourth-order valence-electron chi connectivity index (χ4n) is 3.63. The van der Waals surface area contributed by atoms with Crippen molar-refractivity contribution in [1.29, 1.82) is 0 Å². The van der Waals surface area contributed by atoms with Gasteiger partial charge < -0.3 is 4.90 Å². The predicted molar refractivity (Wildman–Crippen MR) is 92.8 cm³/mol. The van der Waals surface area contributed by atoms with Crippen LogP contribution in [0.4, 0.5) is 5.69 Å². The molecule has 0 aliphatic carbocycles. The summed E-state index contributed by atoms with van der Waals surface area (Å²) >= 11 is 7.22. The molecular weight excluding hydrogens is 380 g/mol. The van der Waals surface area contributed by atoms with Crippen LogP contribution in [0.5, 0.6) is 0 Å². The zero-order valence-corrected chi connectivity index (χ0v) is 15.2. The molecule has 0 saturated carbocycles. The molecular formula is C16H22Br2N2. The number of rotatable bonds is 2. The molecule has 110 valence electrons. The third kappa shape index (κ3) is 2.93. The van der Waals surface area contributed by atoms with Crippen LogP contribution in [0, 0.1) is 0 Å². The quantitative estimate of drug-likeness (QED) is 0.677. The number of fused-ring (bicyclic) bond motifs is 1. The highest BCUT2D eigenvalue weighted by Crippen LogP contribution is 2.32. The molecule has 4 heteroatoms. The van der Waals surface area contributed by atoms with Crippen molar-refractivity contribution in [2.24, 2.45) is 0 Å². The van der Waals surface area contributed by atoms with Crippen LogP contribution in [-0.2, 0) is 5.33 Å². The summed E-state index contributed by atoms with van der Waals surface area (Å²) in [4.78, 5) is 5.33. The van der Waals surface area contributed by atoms with Gasteiger partial charge in [0.15, 0.2) is 0 Å². The largest absolute Gasteiger partial charge is 0.366 e. The average Bonchev–Trinajstić information content (AvgIpc) is 2.46. The maximum absolute atomic E-state index is 3.64. The van der Waals surface area contributed by atoms with Gasteiger partial charge in [-0.1, -0.05) is 38.3 Å². The Morgan fingerprint density at radius 2 is 2.10 bits per heavy atom. The maximum atomic E-state index is 3.64. The number of piperidine rings is 1. The zero-order valence-electron chi connectivity index (χ0n) is 12.0. The van der Waals surface area contributed by atoms with E-state index in [0.29, 0.717) is 6.04 Å². The summed E-state index contributed by atoms with van der Waals surface area (Å²) in [6.45, 7) is 6.06. The molecule has 0 spiro atoms. The Morgan fingerprint density at radius 1 is 1.25 bits per heavy atom. The lowest BCUT2D eigenvalue weighted by Crippen LogP contribution is -2.59. The topological polar surface area (TPSA) is 6.48 Å². The second-order valence-electron chi connectivity index (χ2n) is 6.05. The fraction of sp³-hybridized carbons (Fsp3) is 0.625. The number of halogens is 2. The van der Waals surface area contributed by atoms with Gasteiger partial charge in [0.1, 0.15) is 0 Å². The van der Waals surface area contributed by atoms with Gasteiger partial charge in [-0.15, -0.1) is 0 Å². The van der Waals surface area contributed by atoms with Crippen molar-refractivity contribution in [3.63, 3.8) is 0 Å². The molecule has 2 unspecified atom stereocenters. The molecule has 2 atom stereocenters. The highest BCUT2D eigenvalue weighted by Gasteiger charge is 2.33. The van der Waals surface area contributed by atoms with Crippen molar-refractivity contribution in [2.45, 2.75) is 43.6 Å². The Balaban J connectivity index is 1.85. The monoisotopic (exact) mass is 400 g/mol. The second kappa shape index (κ2) is 6.37. The Kier molecular flexibility index (Phi) is 4.73. The molecule has 0 radical (unpaired) electrons. The zero-order chi connectivity index (χ0) is 14.1. The third-order valence-corrected chi connectivity index (χ3v) is 5.78. The molecule has 0 aromatic heterocycles. The van der Waals surface area contributed by atoms with E-state index < -0.39 is 0 Å². The van der Waals surface area contributed by atoms with E-state index in [-0.39, 0.29) is 0 Å². The van der Waals surface area contributed by atoms with Crippen LogP contribution in [0.15, 0.2) is 22.7 Å². The van der Waals surface area contributed by atoms with Crippen molar-refractivity contribution in [3.05, 3.63) is 28.2 Å². The van der Waals surface area contributed by atoms with Gasteiger partial charge >= 0.3 is 0 Å². The normalized spacial score (nSPS) is 27.4. The summed E-state index contributed by atoms with van der Waals surface area (Å²) in [5.41, 5.74) is 2.79. The molecule has 1 aromatic carbocycles. The standard InChI is InChI=1S/C16H22Br2N2/c1-12-10-19-7-3-2-4-15(19)11-20(12)16-6-5-14(18)8-13(16)9-17/h5-6,8,12,15H,2-4,7,9-11H2,1H3. The molecule has 2 aliphatic rings. The van der Waals surface area contributed by atoms with Crippen molar-refractivity contribution in [1.82, 2.24) is 4.90 Å². The summed E-state index contributed by atoms with van der Waals surface area (Å²) in [5, 5.41) is 0.916. The minimum absolute atomic E-state index is 0.600. The van der Waals surface area contributed by atoms with Crippen LogP contribution in [0.2, 0.25) is 0 Å². The van der Waals surface area contributed by atoms with Gasteiger partial charge in [0.25, 0.3) is 0 Å². The molecule has 3 rings (SSSR count). The first-order chi connectivity index (χ1) is 9.69. The summed E-state index contributed by atoms with van der Waals surface area (Å²) in [7, 11) is 0. The van der Waals surface area contributed by atoms with Crippen LogP contribution in [0.25, 0.3) is 0 Å². The van der Waals surface area contributed by atoms with E-state index in [1.807, 2.05) is 0 Å². The Bertz CT molecular complexity index is 478. The highest BCUT2D eigenvalue weighted by molar-refractivity contribution is 9.10. The molecule has 0 bridgehead atoms. The van der Waals surface area contributed by atoms with Crippen LogP contribution in [-0.4, -0.2) is 36.6 Å². The van der Waals surface area contributed by atoms with E-state index in [9.17, 15) is 0 Å². The van der Waals surface area contributed by atoms with E-state index in [1.165, 1.54) is 54.6 Å². The van der Waals surface area contributed by atoms with Gasteiger partial charge in [-0.2, -0.15) is 0 Å². The van der Waals surface area contributed by atoms with Crippen LogP contribution in [0.1, 0.15) is 31.7 Å². The second-order valence-corrected chi connectivity index (χ2v) is 7.53. The first-order valence-electron chi connectivity index (χ1n) is 7.54. The number of alkyl halides is 1. The number of nitrogens with zero attached hydrogens (tertiary/aromatic N) is 2. The number of anilines is 1. The molecule has 0 amide bonds. The summed E-state index contributed by atoms with van der Waals surface area (Å²) < 4.78 is 1.17. The number of hydrogen-bond acceptors (Lipinski definition) is 2. The summed E-state index contributed by atoms with van der Waals surface area (Å²) in [5.74, 6) is 0. The van der Waals surface area contributed by atoms with Crippen molar-refractivity contribution in [2.75, 3.05) is 24.5 Å². The fourth-order valence-corrected chi connectivity index (χ4v) is 4.49. The predicted octanol–water partition coefficient (Wildman–Crippen LogP) is 4.41. The molecule has 2 fully saturated rings. The molecule has 2 nitrogen and oxygen atoms in total. The molecule has 0 N–H and O–H groups in total. The molecule has 20 heavy (non-hydrogen) atoms. The van der Waals surface area contributed by atoms with Crippen LogP contribution in [0.3, 0.4) is 0 Å². The highest BCUT2D eigenvalue weighted by atomic mass is 79.9. The van der Waals surface area contributed by atoms with Gasteiger partial charge in [0.05, 0.1) is 0 Å². The third-order valence-electron chi connectivity index (χ3n) is 4.68. The minimum Gasteiger partial charge on any atom is -0.366 e. The SMILES string of the molecule is CC1CN2CCCCC2CN1c1ccc(Br)cc1CBr. The van der Waals surface area contributed by atoms with Crippen molar-refractivity contribution >= 4 is 37.5 Å². The lowest BCUT2D eigenvalue weighted by atomic mass is 9.96. The maximum Gasteiger partial charge on any atom is 0.0411 e. The van der Waals surface area contributed by atoms with Crippen LogP contribution >= 0.6 is 31.9 Å². The molecule has 2 heterocycles. The summed E-state index contributed by atoms with van der Waals surface area (Å²) in [6, 6.07) is 8.04. The first-order valence-corrected chi connectivity index (χ1v) is 9.45. The number of hydrogen-bond donors (Lipinski definition) is 0. The minimum atomic E-state index is 0.600. The van der Waals surface area contributed by atoms with Crippen molar-refractivity contribution < 1.29 is 0 Å². The van der Waals surface area contributed by atoms with Crippen LogP contribution < -0.4 is 4.90 Å².